The molecule has 11 aromatic rings. The van der Waals surface area contributed by atoms with Crippen molar-refractivity contribution in [2.45, 2.75) is 24.7 Å². The standard InChI is InChI=1S/C64H44N2/c1-63(2)57-39-44(33-34-50(57)54-37-42-21-12-13-22-43(42)38-58(54)63)47-35-36-51(49-28-15-14-27-48(47)49)59-40-60(66-62(65-59)41-19-6-3-7-20-41)53-30-18-32-56-61(53)52-29-16-17-31-55(52)64(56,45-23-8-4-9-24-45)46-25-10-5-11-26-46/h3-40H,1-2H3. The van der Waals surface area contributed by atoms with Crippen LogP contribution in [0.3, 0.4) is 0 Å². The molecular formula is C64H44N2. The first-order chi connectivity index (χ1) is 32.5. The smallest absolute Gasteiger partial charge is 0.160 e. The van der Waals surface area contributed by atoms with E-state index in [9.17, 15) is 0 Å². The number of aromatic nitrogens is 2. The topological polar surface area (TPSA) is 25.8 Å². The molecule has 0 aliphatic heterocycles. The maximum absolute atomic E-state index is 5.46. The molecule has 0 saturated heterocycles. The van der Waals surface area contributed by atoms with E-state index < -0.39 is 5.41 Å². The van der Waals surface area contributed by atoms with Crippen molar-refractivity contribution in [2.24, 2.45) is 0 Å². The Morgan fingerprint density at radius 2 is 0.848 bits per heavy atom. The molecule has 0 atom stereocenters. The maximum atomic E-state index is 5.46. The molecule has 66 heavy (non-hydrogen) atoms. The highest BCUT2D eigenvalue weighted by Crippen LogP contribution is 2.58. The SMILES string of the molecule is CC1(C)c2cc(-c3ccc(-c4cc(-c5cccc6c5-c5ccccc5C6(c5ccccc5)c5ccccc5)nc(-c5ccccc5)n4)c4ccccc34)ccc2-c2cc3ccccc3cc21. The molecule has 0 amide bonds. The fraction of sp³-hybridized carbons (Fsp3) is 0.0625. The third-order valence-corrected chi connectivity index (χ3v) is 14.6. The van der Waals surface area contributed by atoms with E-state index in [4.69, 9.17) is 9.97 Å². The van der Waals surface area contributed by atoms with Gasteiger partial charge in [-0.25, -0.2) is 9.97 Å². The molecule has 0 spiro atoms. The number of nitrogens with zero attached hydrogens (tertiary/aromatic N) is 2. The highest BCUT2D eigenvalue weighted by atomic mass is 14.9. The zero-order valence-corrected chi connectivity index (χ0v) is 36.8. The van der Waals surface area contributed by atoms with Crippen molar-refractivity contribution in [2.75, 3.05) is 0 Å². The van der Waals surface area contributed by atoms with Gasteiger partial charge in [0, 0.05) is 22.1 Å². The average molecular weight is 841 g/mol. The average Bonchev–Trinajstić information content (AvgIpc) is 3.81. The summed E-state index contributed by atoms with van der Waals surface area (Å²) >= 11 is 0. The quantitative estimate of drug-likeness (QED) is 0.167. The second kappa shape index (κ2) is 14.7. The van der Waals surface area contributed by atoms with Crippen LogP contribution >= 0.6 is 0 Å². The van der Waals surface area contributed by atoms with Crippen molar-refractivity contribution in [3.05, 3.63) is 264 Å². The maximum Gasteiger partial charge on any atom is 0.160 e. The van der Waals surface area contributed by atoms with Gasteiger partial charge in [0.05, 0.1) is 16.8 Å². The molecule has 1 aromatic heterocycles. The highest BCUT2D eigenvalue weighted by Gasteiger charge is 2.47. The Hall–Kier alpha value is -8.20. The van der Waals surface area contributed by atoms with Crippen LogP contribution in [0.25, 0.3) is 88.8 Å². The Bertz CT molecular complexity index is 3680. The van der Waals surface area contributed by atoms with Crippen molar-refractivity contribution in [3.63, 3.8) is 0 Å². The van der Waals surface area contributed by atoms with Crippen LogP contribution in [0.4, 0.5) is 0 Å². The summed E-state index contributed by atoms with van der Waals surface area (Å²) in [5.74, 6) is 0.700. The van der Waals surface area contributed by atoms with Gasteiger partial charge in [-0.2, -0.15) is 0 Å². The van der Waals surface area contributed by atoms with Gasteiger partial charge in [0.25, 0.3) is 0 Å². The van der Waals surface area contributed by atoms with Crippen molar-refractivity contribution in [1.82, 2.24) is 9.97 Å². The summed E-state index contributed by atoms with van der Waals surface area (Å²) in [6.45, 7) is 4.75. The van der Waals surface area contributed by atoms with E-state index >= 15 is 0 Å². The molecule has 0 N–H and O–H groups in total. The summed E-state index contributed by atoms with van der Waals surface area (Å²) in [5.41, 5.74) is 19.6. The van der Waals surface area contributed by atoms with E-state index in [-0.39, 0.29) is 5.41 Å². The number of hydrogen-bond donors (Lipinski definition) is 0. The van der Waals surface area contributed by atoms with Crippen LogP contribution in [0.15, 0.2) is 231 Å². The lowest BCUT2D eigenvalue weighted by molar-refractivity contribution is 0.661. The number of benzene rings is 10. The predicted molar refractivity (Wildman–Crippen MR) is 274 cm³/mol. The van der Waals surface area contributed by atoms with Crippen LogP contribution in [0.5, 0.6) is 0 Å². The van der Waals surface area contributed by atoms with Crippen LogP contribution in [0, 0.1) is 0 Å². The van der Waals surface area contributed by atoms with Gasteiger partial charge in [-0.1, -0.05) is 220 Å². The van der Waals surface area contributed by atoms with E-state index in [1.54, 1.807) is 0 Å². The van der Waals surface area contributed by atoms with E-state index in [1.807, 2.05) is 0 Å². The van der Waals surface area contributed by atoms with Crippen molar-refractivity contribution < 1.29 is 0 Å². The van der Waals surface area contributed by atoms with Crippen LogP contribution in [0.1, 0.15) is 47.2 Å². The van der Waals surface area contributed by atoms with Crippen LogP contribution in [0.2, 0.25) is 0 Å². The van der Waals surface area contributed by atoms with E-state index in [0.29, 0.717) is 5.82 Å². The second-order valence-electron chi connectivity index (χ2n) is 18.4. The molecule has 0 unspecified atom stereocenters. The Balaban J connectivity index is 1.00. The first-order valence-electron chi connectivity index (χ1n) is 23.0. The molecule has 13 rings (SSSR count). The summed E-state index contributed by atoms with van der Waals surface area (Å²) in [7, 11) is 0. The molecule has 2 nitrogen and oxygen atoms in total. The van der Waals surface area contributed by atoms with Crippen molar-refractivity contribution in [1.29, 1.82) is 0 Å². The van der Waals surface area contributed by atoms with E-state index in [1.165, 1.54) is 82.9 Å². The summed E-state index contributed by atoms with van der Waals surface area (Å²) in [5, 5.41) is 4.92. The lowest BCUT2D eigenvalue weighted by Crippen LogP contribution is -2.28. The van der Waals surface area contributed by atoms with Crippen LogP contribution < -0.4 is 0 Å². The lowest BCUT2D eigenvalue weighted by Gasteiger charge is -2.33. The molecule has 0 fully saturated rings. The van der Waals surface area contributed by atoms with Gasteiger partial charge < -0.3 is 0 Å². The third kappa shape index (κ3) is 5.61. The minimum absolute atomic E-state index is 0.133. The first kappa shape index (κ1) is 38.3. The molecule has 2 aliphatic carbocycles. The molecule has 0 radical (unpaired) electrons. The normalized spacial score (nSPS) is 13.8. The van der Waals surface area contributed by atoms with Gasteiger partial charge in [-0.3, -0.25) is 0 Å². The molecule has 310 valence electrons. The lowest BCUT2D eigenvalue weighted by atomic mass is 9.67. The Morgan fingerprint density at radius 1 is 0.318 bits per heavy atom. The Kier molecular flexibility index (Phi) is 8.51. The molecule has 2 aliphatic rings. The van der Waals surface area contributed by atoms with Crippen LogP contribution in [-0.2, 0) is 10.8 Å². The molecule has 1 heterocycles. The molecule has 0 saturated carbocycles. The van der Waals surface area contributed by atoms with Gasteiger partial charge >= 0.3 is 0 Å². The molecule has 2 heteroatoms. The molecule has 0 bridgehead atoms. The highest BCUT2D eigenvalue weighted by molar-refractivity contribution is 6.06. The summed E-state index contributed by atoms with van der Waals surface area (Å²) in [4.78, 5) is 10.9. The number of rotatable bonds is 6. The molecular weight excluding hydrogens is 797 g/mol. The monoisotopic (exact) mass is 840 g/mol. The summed E-state index contributed by atoms with van der Waals surface area (Å²) in [6, 6.07) is 84.4. The zero-order valence-electron chi connectivity index (χ0n) is 36.8. The number of hydrogen-bond acceptors (Lipinski definition) is 2. The minimum atomic E-state index is -0.516. The molecule has 10 aromatic carbocycles. The van der Waals surface area contributed by atoms with E-state index in [2.05, 4.69) is 244 Å². The zero-order chi connectivity index (χ0) is 44.0. The van der Waals surface area contributed by atoms with Crippen LogP contribution in [-0.4, -0.2) is 9.97 Å². The Morgan fingerprint density at radius 3 is 1.58 bits per heavy atom. The van der Waals surface area contributed by atoms with Crippen molar-refractivity contribution >= 4 is 21.5 Å². The minimum Gasteiger partial charge on any atom is -0.228 e. The van der Waals surface area contributed by atoms with Gasteiger partial charge in [-0.05, 0) is 113 Å². The van der Waals surface area contributed by atoms with Gasteiger partial charge in [0.15, 0.2) is 5.82 Å². The van der Waals surface area contributed by atoms with Gasteiger partial charge in [0.1, 0.15) is 0 Å². The van der Waals surface area contributed by atoms with Gasteiger partial charge in [-0.15, -0.1) is 0 Å². The summed E-state index contributed by atoms with van der Waals surface area (Å²) in [6.07, 6.45) is 0. The third-order valence-electron chi connectivity index (χ3n) is 14.6. The first-order valence-corrected chi connectivity index (χ1v) is 23.0. The fourth-order valence-corrected chi connectivity index (χ4v) is 11.5. The largest absolute Gasteiger partial charge is 0.228 e. The van der Waals surface area contributed by atoms with E-state index in [0.717, 1.165) is 33.5 Å². The predicted octanol–water partition coefficient (Wildman–Crippen LogP) is 16.1. The summed E-state index contributed by atoms with van der Waals surface area (Å²) < 4.78 is 0. The number of fused-ring (bicyclic) bond motifs is 8. The fourth-order valence-electron chi connectivity index (χ4n) is 11.5. The Labute approximate surface area is 385 Å². The van der Waals surface area contributed by atoms with Gasteiger partial charge in [0.2, 0.25) is 0 Å². The second-order valence-corrected chi connectivity index (χ2v) is 18.4. The van der Waals surface area contributed by atoms with Crippen molar-refractivity contribution in [3.8, 4) is 67.3 Å².